The van der Waals surface area contributed by atoms with E-state index in [0.29, 0.717) is 6.54 Å². The molecule has 1 aromatic rings. The standard InChI is InChI=1S/C16H23N3O2/c1-4-11(2)15-16(21)18-13-8-6-5-7-12(13)9-19(15)10-14(20)17-3/h5-8,11,15H,4,9-10H2,1-3H3,(H,17,20)(H,18,21)/t11-,15-/m0/s1. The third-order valence-corrected chi connectivity index (χ3v) is 4.12. The van der Waals surface area contributed by atoms with Gasteiger partial charge in [0.15, 0.2) is 0 Å². The van der Waals surface area contributed by atoms with Crippen molar-refractivity contribution in [2.45, 2.75) is 32.9 Å². The Hall–Kier alpha value is -1.88. The molecule has 2 rings (SSSR count). The zero-order chi connectivity index (χ0) is 15.4. The van der Waals surface area contributed by atoms with Crippen molar-refractivity contribution >= 4 is 17.5 Å². The molecule has 0 bridgehead atoms. The van der Waals surface area contributed by atoms with E-state index in [0.717, 1.165) is 17.7 Å². The largest absolute Gasteiger partial charge is 0.358 e. The van der Waals surface area contributed by atoms with Gasteiger partial charge in [-0.05, 0) is 17.5 Å². The Balaban J connectivity index is 2.34. The van der Waals surface area contributed by atoms with Gasteiger partial charge in [-0.25, -0.2) is 0 Å². The molecular weight excluding hydrogens is 266 g/mol. The maximum Gasteiger partial charge on any atom is 0.242 e. The fraction of sp³-hybridized carbons (Fsp3) is 0.500. The van der Waals surface area contributed by atoms with E-state index in [9.17, 15) is 9.59 Å². The molecule has 0 radical (unpaired) electrons. The normalized spacial score (nSPS) is 20.1. The summed E-state index contributed by atoms with van der Waals surface area (Å²) in [6, 6.07) is 7.47. The monoisotopic (exact) mass is 289 g/mol. The van der Waals surface area contributed by atoms with Crippen molar-refractivity contribution in [3.05, 3.63) is 29.8 Å². The smallest absolute Gasteiger partial charge is 0.242 e. The molecule has 2 atom stereocenters. The lowest BCUT2D eigenvalue weighted by Crippen LogP contribution is -2.49. The van der Waals surface area contributed by atoms with Crippen LogP contribution in [0.15, 0.2) is 24.3 Å². The summed E-state index contributed by atoms with van der Waals surface area (Å²) in [5.74, 6) is 0.0812. The second-order valence-electron chi connectivity index (χ2n) is 5.55. The first kappa shape index (κ1) is 15.5. The number of benzene rings is 1. The molecule has 21 heavy (non-hydrogen) atoms. The topological polar surface area (TPSA) is 61.4 Å². The Kier molecular flexibility index (Phi) is 4.96. The molecule has 0 fully saturated rings. The molecule has 5 nitrogen and oxygen atoms in total. The van der Waals surface area contributed by atoms with Crippen LogP contribution in [-0.2, 0) is 16.1 Å². The number of rotatable bonds is 4. The van der Waals surface area contributed by atoms with Crippen LogP contribution in [0.5, 0.6) is 0 Å². The van der Waals surface area contributed by atoms with Crippen molar-refractivity contribution in [3.8, 4) is 0 Å². The summed E-state index contributed by atoms with van der Waals surface area (Å²) in [5.41, 5.74) is 1.88. The van der Waals surface area contributed by atoms with Crippen LogP contribution in [0.25, 0.3) is 0 Å². The summed E-state index contributed by atoms with van der Waals surface area (Å²) in [7, 11) is 1.62. The molecule has 0 aromatic heterocycles. The lowest BCUT2D eigenvalue weighted by molar-refractivity contribution is -0.127. The Morgan fingerprint density at radius 1 is 1.48 bits per heavy atom. The summed E-state index contributed by atoms with van der Waals surface area (Å²) in [4.78, 5) is 26.3. The van der Waals surface area contributed by atoms with Gasteiger partial charge in [-0.15, -0.1) is 0 Å². The third-order valence-electron chi connectivity index (χ3n) is 4.12. The van der Waals surface area contributed by atoms with E-state index < -0.39 is 0 Å². The average molecular weight is 289 g/mol. The van der Waals surface area contributed by atoms with Gasteiger partial charge in [-0.2, -0.15) is 0 Å². The number of hydrogen-bond acceptors (Lipinski definition) is 3. The minimum absolute atomic E-state index is 0.0294. The SMILES string of the molecule is CC[C@H](C)[C@H]1C(=O)Nc2ccccc2CN1CC(=O)NC. The number of carbonyl (C=O) groups is 2. The summed E-state index contributed by atoms with van der Waals surface area (Å²) in [6.07, 6.45) is 0.888. The second kappa shape index (κ2) is 6.72. The molecular formula is C16H23N3O2. The highest BCUT2D eigenvalue weighted by atomic mass is 16.2. The van der Waals surface area contributed by atoms with Crippen LogP contribution < -0.4 is 10.6 Å². The van der Waals surface area contributed by atoms with Crippen LogP contribution in [-0.4, -0.2) is 36.3 Å². The van der Waals surface area contributed by atoms with Gasteiger partial charge in [0.1, 0.15) is 0 Å². The number of fused-ring (bicyclic) bond motifs is 1. The molecule has 5 heteroatoms. The van der Waals surface area contributed by atoms with Crippen LogP contribution in [0.2, 0.25) is 0 Å². The van der Waals surface area contributed by atoms with Crippen molar-refractivity contribution in [1.82, 2.24) is 10.2 Å². The van der Waals surface area contributed by atoms with E-state index in [2.05, 4.69) is 24.5 Å². The van der Waals surface area contributed by atoms with Crippen LogP contribution in [0.1, 0.15) is 25.8 Å². The summed E-state index contributed by atoms with van der Waals surface area (Å²) < 4.78 is 0. The molecule has 0 saturated heterocycles. The van der Waals surface area contributed by atoms with Gasteiger partial charge in [0, 0.05) is 19.3 Å². The fourth-order valence-electron chi connectivity index (χ4n) is 2.73. The number of anilines is 1. The Bertz CT molecular complexity index is 530. The quantitative estimate of drug-likeness (QED) is 0.885. The predicted octanol–water partition coefficient (Wildman–Crippen LogP) is 1.60. The molecule has 114 valence electrons. The van der Waals surface area contributed by atoms with Gasteiger partial charge in [0.05, 0.1) is 12.6 Å². The van der Waals surface area contributed by atoms with E-state index in [-0.39, 0.29) is 30.3 Å². The van der Waals surface area contributed by atoms with Crippen molar-refractivity contribution < 1.29 is 9.59 Å². The van der Waals surface area contributed by atoms with Crippen molar-refractivity contribution in [3.63, 3.8) is 0 Å². The fourth-order valence-corrected chi connectivity index (χ4v) is 2.73. The van der Waals surface area contributed by atoms with Gasteiger partial charge in [-0.3, -0.25) is 14.5 Å². The van der Waals surface area contributed by atoms with E-state index >= 15 is 0 Å². The predicted molar refractivity (Wildman–Crippen MR) is 82.8 cm³/mol. The average Bonchev–Trinajstić information content (AvgIpc) is 2.61. The minimum Gasteiger partial charge on any atom is -0.358 e. The molecule has 1 heterocycles. The zero-order valence-electron chi connectivity index (χ0n) is 12.8. The van der Waals surface area contributed by atoms with Crippen LogP contribution in [0, 0.1) is 5.92 Å². The number of amides is 2. The third kappa shape index (κ3) is 3.42. The second-order valence-corrected chi connectivity index (χ2v) is 5.55. The maximum atomic E-state index is 12.6. The highest BCUT2D eigenvalue weighted by Crippen LogP contribution is 2.26. The van der Waals surface area contributed by atoms with E-state index in [1.54, 1.807) is 7.05 Å². The molecule has 1 aliphatic heterocycles. The summed E-state index contributed by atoms with van der Waals surface area (Å²) >= 11 is 0. The van der Waals surface area contributed by atoms with E-state index in [4.69, 9.17) is 0 Å². The van der Waals surface area contributed by atoms with Crippen molar-refractivity contribution in [2.75, 3.05) is 18.9 Å². The zero-order valence-corrected chi connectivity index (χ0v) is 12.8. The van der Waals surface area contributed by atoms with Crippen LogP contribution in [0.3, 0.4) is 0 Å². The first-order valence-electron chi connectivity index (χ1n) is 7.40. The minimum atomic E-state index is -0.292. The highest BCUT2D eigenvalue weighted by molar-refractivity contribution is 5.96. The number of carbonyl (C=O) groups excluding carboxylic acids is 2. The Morgan fingerprint density at radius 2 is 2.19 bits per heavy atom. The first-order valence-corrected chi connectivity index (χ1v) is 7.40. The Labute approximate surface area is 125 Å². The highest BCUT2D eigenvalue weighted by Gasteiger charge is 2.34. The number of para-hydroxylation sites is 1. The summed E-state index contributed by atoms with van der Waals surface area (Å²) in [5, 5.41) is 5.63. The van der Waals surface area contributed by atoms with Gasteiger partial charge >= 0.3 is 0 Å². The first-order chi connectivity index (χ1) is 10.1. The molecule has 2 amide bonds. The van der Waals surface area contributed by atoms with Crippen molar-refractivity contribution in [1.29, 1.82) is 0 Å². The molecule has 0 aliphatic carbocycles. The number of likely N-dealkylation sites (N-methyl/N-ethyl adjacent to an activating group) is 1. The molecule has 0 spiro atoms. The van der Waals surface area contributed by atoms with Gasteiger partial charge in [0.2, 0.25) is 11.8 Å². The van der Waals surface area contributed by atoms with Crippen molar-refractivity contribution in [2.24, 2.45) is 5.92 Å². The number of hydrogen-bond donors (Lipinski definition) is 2. The molecule has 0 saturated carbocycles. The van der Waals surface area contributed by atoms with E-state index in [1.807, 2.05) is 29.2 Å². The number of nitrogens with zero attached hydrogens (tertiary/aromatic N) is 1. The summed E-state index contributed by atoms with van der Waals surface area (Å²) in [6.45, 7) is 4.94. The van der Waals surface area contributed by atoms with Crippen LogP contribution >= 0.6 is 0 Å². The molecule has 1 aromatic carbocycles. The van der Waals surface area contributed by atoms with Gasteiger partial charge < -0.3 is 10.6 Å². The Morgan fingerprint density at radius 3 is 2.86 bits per heavy atom. The molecule has 1 aliphatic rings. The maximum absolute atomic E-state index is 12.6. The molecule has 2 N–H and O–H groups in total. The van der Waals surface area contributed by atoms with Gasteiger partial charge in [-0.1, -0.05) is 38.5 Å². The molecule has 0 unspecified atom stereocenters. The van der Waals surface area contributed by atoms with E-state index in [1.165, 1.54) is 0 Å². The van der Waals surface area contributed by atoms with Crippen LogP contribution in [0.4, 0.5) is 5.69 Å². The number of nitrogens with one attached hydrogen (secondary N) is 2. The lowest BCUT2D eigenvalue weighted by atomic mass is 9.96. The van der Waals surface area contributed by atoms with Gasteiger partial charge in [0.25, 0.3) is 0 Å². The lowest BCUT2D eigenvalue weighted by Gasteiger charge is -2.31.